The minimum Gasteiger partial charge on any atom is -0.345 e. The second-order valence-electron chi connectivity index (χ2n) is 6.48. The summed E-state index contributed by atoms with van der Waals surface area (Å²) in [5.74, 6) is -0.712. The largest absolute Gasteiger partial charge is 0.345 e. The fraction of sp³-hybridized carbons (Fsp3) is 0.263. The average molecular weight is 424 g/mol. The molecule has 0 aliphatic carbocycles. The number of rotatable bonds is 6. The lowest BCUT2D eigenvalue weighted by Crippen LogP contribution is -2.37. The maximum absolute atomic E-state index is 12.4. The number of benzene rings is 2. The summed E-state index contributed by atoms with van der Waals surface area (Å²) in [6.07, 6.45) is 1.02. The monoisotopic (exact) mass is 423 g/mol. The van der Waals surface area contributed by atoms with Crippen LogP contribution in [0.15, 0.2) is 42.5 Å². The van der Waals surface area contributed by atoms with E-state index < -0.39 is 22.5 Å². The zero-order valence-electron chi connectivity index (χ0n) is 16.1. The van der Waals surface area contributed by atoms with Crippen molar-refractivity contribution in [2.75, 3.05) is 36.5 Å². The van der Waals surface area contributed by atoms with Gasteiger partial charge in [0.25, 0.3) is 5.91 Å². The van der Waals surface area contributed by atoms with Crippen LogP contribution in [0.1, 0.15) is 15.9 Å². The summed E-state index contributed by atoms with van der Waals surface area (Å²) < 4.78 is 25.4. The third-order valence-corrected chi connectivity index (χ3v) is 5.59. The number of amides is 2. The predicted molar refractivity (Wildman–Crippen MR) is 111 cm³/mol. The topological polar surface area (TPSA) is 86.8 Å². The van der Waals surface area contributed by atoms with Gasteiger partial charge in [0.15, 0.2) is 0 Å². The van der Waals surface area contributed by atoms with Gasteiger partial charge in [-0.2, -0.15) is 0 Å². The summed E-state index contributed by atoms with van der Waals surface area (Å²) >= 11 is 6.05. The molecule has 0 saturated heterocycles. The third-order valence-electron chi connectivity index (χ3n) is 4.04. The van der Waals surface area contributed by atoms with Gasteiger partial charge in [-0.05, 0) is 48.9 Å². The summed E-state index contributed by atoms with van der Waals surface area (Å²) in [6, 6.07) is 11.1. The van der Waals surface area contributed by atoms with E-state index in [4.69, 9.17) is 11.6 Å². The van der Waals surface area contributed by atoms with Gasteiger partial charge in [0.2, 0.25) is 15.9 Å². The number of nitrogens with zero attached hydrogens (tertiary/aromatic N) is 2. The van der Waals surface area contributed by atoms with Gasteiger partial charge in [-0.15, -0.1) is 0 Å². The molecular formula is C19H22ClN3O4S. The summed E-state index contributed by atoms with van der Waals surface area (Å²) in [7, 11) is -0.470. The van der Waals surface area contributed by atoms with Crippen LogP contribution >= 0.6 is 11.6 Å². The molecule has 9 heteroatoms. The van der Waals surface area contributed by atoms with Gasteiger partial charge in [0.05, 0.1) is 11.9 Å². The highest BCUT2D eigenvalue weighted by atomic mass is 35.5. The Morgan fingerprint density at radius 2 is 1.68 bits per heavy atom. The highest BCUT2D eigenvalue weighted by molar-refractivity contribution is 7.92. The Morgan fingerprint density at radius 3 is 2.21 bits per heavy atom. The number of carbonyl (C=O) groups excluding carboxylic acids is 2. The van der Waals surface area contributed by atoms with Crippen molar-refractivity contribution in [1.29, 1.82) is 0 Å². The first-order chi connectivity index (χ1) is 13.0. The van der Waals surface area contributed by atoms with Crippen LogP contribution < -0.4 is 9.62 Å². The summed E-state index contributed by atoms with van der Waals surface area (Å²) in [5.41, 5.74) is 1.91. The molecule has 2 rings (SSSR count). The van der Waals surface area contributed by atoms with Crippen LogP contribution in [0.25, 0.3) is 0 Å². The smallest absolute Gasteiger partial charge is 0.253 e. The lowest BCUT2D eigenvalue weighted by atomic mass is 10.2. The van der Waals surface area contributed by atoms with E-state index in [2.05, 4.69) is 5.32 Å². The van der Waals surface area contributed by atoms with Gasteiger partial charge in [0, 0.05) is 30.4 Å². The number of carbonyl (C=O) groups is 2. The SMILES string of the molecule is Cc1c(Cl)cccc1NC(=O)CN(c1ccc(C(=O)N(C)C)cc1)S(C)(=O)=O. The maximum atomic E-state index is 12.4. The number of hydrogen-bond donors (Lipinski definition) is 1. The first-order valence-corrected chi connectivity index (χ1v) is 10.6. The van der Waals surface area contributed by atoms with Gasteiger partial charge in [-0.3, -0.25) is 13.9 Å². The molecule has 2 aromatic rings. The van der Waals surface area contributed by atoms with Crippen molar-refractivity contribution < 1.29 is 18.0 Å². The molecule has 2 amide bonds. The van der Waals surface area contributed by atoms with Crippen LogP contribution in [0.4, 0.5) is 11.4 Å². The standard InChI is InChI=1S/C19H22ClN3O4S/c1-13-16(20)6-5-7-17(13)21-18(24)12-23(28(4,26)27)15-10-8-14(9-11-15)19(25)22(2)3/h5-11H,12H2,1-4H3,(H,21,24). The summed E-state index contributed by atoms with van der Waals surface area (Å²) in [5, 5.41) is 3.18. The third kappa shape index (κ3) is 5.24. The molecule has 0 aliphatic heterocycles. The van der Waals surface area contributed by atoms with Crippen LogP contribution in [-0.4, -0.2) is 52.0 Å². The van der Waals surface area contributed by atoms with Crippen molar-refractivity contribution in [3.8, 4) is 0 Å². The van der Waals surface area contributed by atoms with Crippen LogP contribution in [-0.2, 0) is 14.8 Å². The number of anilines is 2. The van der Waals surface area contributed by atoms with Crippen molar-refractivity contribution >= 4 is 44.8 Å². The fourth-order valence-electron chi connectivity index (χ4n) is 2.49. The second-order valence-corrected chi connectivity index (χ2v) is 8.79. The highest BCUT2D eigenvalue weighted by Gasteiger charge is 2.22. The van der Waals surface area contributed by atoms with Gasteiger partial charge in [0.1, 0.15) is 6.54 Å². The normalized spacial score (nSPS) is 11.0. The Kier molecular flexibility index (Phi) is 6.69. The number of nitrogens with one attached hydrogen (secondary N) is 1. The van der Waals surface area contributed by atoms with Gasteiger partial charge >= 0.3 is 0 Å². The predicted octanol–water partition coefficient (Wildman–Crippen LogP) is 2.75. The quantitative estimate of drug-likeness (QED) is 0.773. The molecule has 0 heterocycles. The van der Waals surface area contributed by atoms with Crippen LogP contribution in [0, 0.1) is 6.92 Å². The molecule has 1 N–H and O–H groups in total. The Balaban J connectivity index is 2.24. The molecule has 0 radical (unpaired) electrons. The van der Waals surface area contributed by atoms with Gasteiger partial charge < -0.3 is 10.2 Å². The molecule has 0 atom stereocenters. The van der Waals surface area contributed by atoms with Crippen LogP contribution in [0.5, 0.6) is 0 Å². The first kappa shape index (κ1) is 21.7. The van der Waals surface area contributed by atoms with Crippen molar-refractivity contribution in [1.82, 2.24) is 4.90 Å². The Morgan fingerprint density at radius 1 is 1.07 bits per heavy atom. The molecule has 0 aliphatic rings. The molecule has 7 nitrogen and oxygen atoms in total. The molecule has 0 saturated carbocycles. The Bertz CT molecular complexity index is 989. The number of sulfonamides is 1. The Hall–Kier alpha value is -2.58. The minimum absolute atomic E-state index is 0.202. The van der Waals surface area contributed by atoms with E-state index in [0.29, 0.717) is 21.8 Å². The van der Waals surface area contributed by atoms with Crippen molar-refractivity contribution in [3.05, 3.63) is 58.6 Å². The van der Waals surface area contributed by atoms with Crippen molar-refractivity contribution in [2.24, 2.45) is 0 Å². The van der Waals surface area contributed by atoms with E-state index >= 15 is 0 Å². The van der Waals surface area contributed by atoms with E-state index in [-0.39, 0.29) is 11.6 Å². The molecule has 28 heavy (non-hydrogen) atoms. The van der Waals surface area contributed by atoms with Gasteiger partial charge in [-0.1, -0.05) is 17.7 Å². The Labute approximate surface area is 169 Å². The summed E-state index contributed by atoms with van der Waals surface area (Å²) in [4.78, 5) is 25.9. The lowest BCUT2D eigenvalue weighted by Gasteiger charge is -2.22. The van der Waals surface area contributed by atoms with E-state index in [1.54, 1.807) is 39.2 Å². The molecular weight excluding hydrogens is 402 g/mol. The van der Waals surface area contributed by atoms with Gasteiger partial charge in [-0.25, -0.2) is 8.42 Å². The van der Waals surface area contributed by atoms with Crippen molar-refractivity contribution in [3.63, 3.8) is 0 Å². The average Bonchev–Trinajstić information content (AvgIpc) is 2.62. The fourth-order valence-corrected chi connectivity index (χ4v) is 3.52. The van der Waals surface area contributed by atoms with E-state index in [1.165, 1.54) is 29.2 Å². The minimum atomic E-state index is -3.72. The lowest BCUT2D eigenvalue weighted by molar-refractivity contribution is -0.114. The molecule has 0 bridgehead atoms. The van der Waals surface area contributed by atoms with Crippen LogP contribution in [0.3, 0.4) is 0 Å². The van der Waals surface area contributed by atoms with Crippen molar-refractivity contribution in [2.45, 2.75) is 6.92 Å². The zero-order chi connectivity index (χ0) is 21.1. The molecule has 0 spiro atoms. The first-order valence-electron chi connectivity index (χ1n) is 8.35. The van der Waals surface area contributed by atoms with E-state index in [9.17, 15) is 18.0 Å². The maximum Gasteiger partial charge on any atom is 0.253 e. The highest BCUT2D eigenvalue weighted by Crippen LogP contribution is 2.23. The van der Waals surface area contributed by atoms with E-state index in [1.807, 2.05) is 0 Å². The molecule has 0 fully saturated rings. The second kappa shape index (κ2) is 8.62. The zero-order valence-corrected chi connectivity index (χ0v) is 17.6. The van der Waals surface area contributed by atoms with Crippen LogP contribution in [0.2, 0.25) is 5.02 Å². The number of halogens is 1. The number of hydrogen-bond acceptors (Lipinski definition) is 4. The van der Waals surface area contributed by atoms with E-state index in [0.717, 1.165) is 10.6 Å². The molecule has 2 aromatic carbocycles. The molecule has 150 valence electrons. The molecule has 0 unspecified atom stereocenters. The molecule has 0 aromatic heterocycles. The summed E-state index contributed by atoms with van der Waals surface area (Å²) in [6.45, 7) is 1.35.